The molecule has 0 aliphatic heterocycles. The fraction of sp³-hybridized carbons (Fsp3) is 0.286. The number of benzene rings is 1. The molecule has 18 heavy (non-hydrogen) atoms. The van der Waals surface area contributed by atoms with Gasteiger partial charge >= 0.3 is 5.97 Å². The monoisotopic (exact) mass is 245 g/mol. The van der Waals surface area contributed by atoms with Gasteiger partial charge in [-0.2, -0.15) is 0 Å². The summed E-state index contributed by atoms with van der Waals surface area (Å²) in [6.07, 6.45) is 0.650. The zero-order valence-electron chi connectivity index (χ0n) is 10.4. The lowest BCUT2D eigenvalue weighted by atomic mass is 10.1. The molecule has 1 aromatic carbocycles. The molecule has 0 saturated heterocycles. The Morgan fingerprint density at radius 1 is 1.39 bits per heavy atom. The molecular formula is C14H15NO3. The second kappa shape index (κ2) is 5.04. The summed E-state index contributed by atoms with van der Waals surface area (Å²) in [7, 11) is 1.63. The Balaban J connectivity index is 2.41. The summed E-state index contributed by atoms with van der Waals surface area (Å²) in [6.45, 7) is 1.91. The molecule has 0 saturated carbocycles. The number of hydrogen-bond donors (Lipinski definition) is 1. The molecule has 2 rings (SSSR count). The van der Waals surface area contributed by atoms with E-state index in [2.05, 4.69) is 4.98 Å². The van der Waals surface area contributed by atoms with E-state index in [1.54, 1.807) is 7.11 Å². The van der Waals surface area contributed by atoms with Crippen LogP contribution in [0.1, 0.15) is 17.7 Å². The third kappa shape index (κ3) is 2.59. The van der Waals surface area contributed by atoms with E-state index in [4.69, 9.17) is 9.84 Å². The van der Waals surface area contributed by atoms with E-state index in [-0.39, 0.29) is 6.42 Å². The van der Waals surface area contributed by atoms with E-state index in [0.717, 1.165) is 27.9 Å². The van der Waals surface area contributed by atoms with Crippen LogP contribution in [0.15, 0.2) is 24.3 Å². The predicted octanol–water partition coefficient (Wildman–Crippen LogP) is 2.57. The van der Waals surface area contributed by atoms with Crippen LogP contribution >= 0.6 is 0 Å². The Hall–Kier alpha value is -2.10. The van der Waals surface area contributed by atoms with Crippen molar-refractivity contribution in [3.8, 4) is 5.75 Å². The molecule has 94 valence electrons. The molecule has 1 N–H and O–H groups in total. The van der Waals surface area contributed by atoms with Crippen LogP contribution in [0, 0.1) is 6.92 Å². The van der Waals surface area contributed by atoms with Crippen molar-refractivity contribution in [2.75, 3.05) is 7.11 Å². The molecule has 0 unspecified atom stereocenters. The van der Waals surface area contributed by atoms with Crippen LogP contribution in [0.3, 0.4) is 0 Å². The van der Waals surface area contributed by atoms with E-state index in [1.165, 1.54) is 0 Å². The molecule has 2 aromatic rings. The van der Waals surface area contributed by atoms with Crippen molar-refractivity contribution in [1.29, 1.82) is 0 Å². The highest BCUT2D eigenvalue weighted by atomic mass is 16.5. The number of carbonyl (C=O) groups is 1. The van der Waals surface area contributed by atoms with E-state index in [0.29, 0.717) is 6.42 Å². The lowest BCUT2D eigenvalue weighted by Gasteiger charge is -2.08. The predicted molar refractivity (Wildman–Crippen MR) is 69.0 cm³/mol. The first-order chi connectivity index (χ1) is 8.60. The number of aryl methyl sites for hydroxylation is 2. The van der Waals surface area contributed by atoms with Gasteiger partial charge in [-0.3, -0.25) is 9.78 Å². The number of aliphatic carboxylic acids is 1. The first-order valence-electron chi connectivity index (χ1n) is 5.76. The highest BCUT2D eigenvalue weighted by Gasteiger charge is 2.06. The number of hydrogen-bond acceptors (Lipinski definition) is 3. The third-order valence-electron chi connectivity index (χ3n) is 2.81. The Bertz CT molecular complexity index is 593. The molecule has 0 radical (unpaired) electrons. The minimum Gasteiger partial charge on any atom is -0.496 e. The molecule has 0 bridgehead atoms. The summed E-state index contributed by atoms with van der Waals surface area (Å²) >= 11 is 0. The average molecular weight is 245 g/mol. The van der Waals surface area contributed by atoms with Crippen molar-refractivity contribution in [2.24, 2.45) is 0 Å². The summed E-state index contributed by atoms with van der Waals surface area (Å²) in [4.78, 5) is 15.0. The second-order valence-corrected chi connectivity index (χ2v) is 4.21. The van der Waals surface area contributed by atoms with E-state index < -0.39 is 5.97 Å². The lowest BCUT2D eigenvalue weighted by molar-refractivity contribution is -0.136. The SMILES string of the molecule is COc1cc(C)nc2cc(CCC(=O)O)ccc12. The maximum absolute atomic E-state index is 10.6. The van der Waals surface area contributed by atoms with Gasteiger partial charge in [0.15, 0.2) is 0 Å². The van der Waals surface area contributed by atoms with Crippen molar-refractivity contribution in [2.45, 2.75) is 19.8 Å². The zero-order chi connectivity index (χ0) is 13.1. The van der Waals surface area contributed by atoms with Crippen LogP contribution in [0.2, 0.25) is 0 Å². The molecule has 0 atom stereocenters. The Morgan fingerprint density at radius 3 is 2.83 bits per heavy atom. The zero-order valence-corrected chi connectivity index (χ0v) is 10.4. The molecule has 0 fully saturated rings. The number of ether oxygens (including phenoxy) is 1. The standard InChI is InChI=1S/C14H15NO3/c1-9-7-13(18-2)11-5-3-10(4-6-14(16)17)8-12(11)15-9/h3,5,7-8H,4,6H2,1-2H3,(H,16,17). The van der Waals surface area contributed by atoms with Crippen LogP contribution in [-0.2, 0) is 11.2 Å². The van der Waals surface area contributed by atoms with Gasteiger partial charge in [0.1, 0.15) is 5.75 Å². The van der Waals surface area contributed by atoms with Gasteiger partial charge in [-0.15, -0.1) is 0 Å². The number of methoxy groups -OCH3 is 1. The van der Waals surface area contributed by atoms with Gasteiger partial charge in [0.05, 0.1) is 12.6 Å². The van der Waals surface area contributed by atoms with E-state index >= 15 is 0 Å². The van der Waals surface area contributed by atoms with Gasteiger partial charge in [-0.25, -0.2) is 0 Å². The molecule has 4 nitrogen and oxygen atoms in total. The maximum Gasteiger partial charge on any atom is 0.303 e. The second-order valence-electron chi connectivity index (χ2n) is 4.21. The first-order valence-corrected chi connectivity index (χ1v) is 5.76. The Labute approximate surface area is 105 Å². The number of rotatable bonds is 4. The summed E-state index contributed by atoms with van der Waals surface area (Å²) < 4.78 is 5.31. The largest absolute Gasteiger partial charge is 0.496 e. The molecule has 0 amide bonds. The van der Waals surface area contributed by atoms with Crippen LogP contribution in [0.25, 0.3) is 10.9 Å². The minimum absolute atomic E-state index is 0.133. The van der Waals surface area contributed by atoms with Crippen LogP contribution < -0.4 is 4.74 Å². The van der Waals surface area contributed by atoms with Gasteiger partial charge in [0.25, 0.3) is 0 Å². The summed E-state index contributed by atoms with van der Waals surface area (Å²) in [5.74, 6) is 0.00663. The summed E-state index contributed by atoms with van der Waals surface area (Å²) in [5, 5.41) is 9.63. The van der Waals surface area contributed by atoms with Crippen molar-refractivity contribution < 1.29 is 14.6 Å². The quantitative estimate of drug-likeness (QED) is 0.899. The van der Waals surface area contributed by atoms with Crippen LogP contribution in [0.5, 0.6) is 5.75 Å². The number of carboxylic acid groups (broad SMARTS) is 1. The molecule has 0 spiro atoms. The third-order valence-corrected chi connectivity index (χ3v) is 2.81. The fourth-order valence-electron chi connectivity index (χ4n) is 1.94. The van der Waals surface area contributed by atoms with Crippen molar-refractivity contribution >= 4 is 16.9 Å². The first kappa shape index (κ1) is 12.4. The topological polar surface area (TPSA) is 59.4 Å². The van der Waals surface area contributed by atoms with Gasteiger partial charge < -0.3 is 9.84 Å². The highest BCUT2D eigenvalue weighted by Crippen LogP contribution is 2.26. The Kier molecular flexibility index (Phi) is 3.46. The number of carboxylic acids is 1. The fourth-order valence-corrected chi connectivity index (χ4v) is 1.94. The van der Waals surface area contributed by atoms with Gasteiger partial charge in [0, 0.05) is 23.6 Å². The maximum atomic E-state index is 10.6. The van der Waals surface area contributed by atoms with Gasteiger partial charge in [0.2, 0.25) is 0 Å². The Morgan fingerprint density at radius 2 is 2.17 bits per heavy atom. The summed E-state index contributed by atoms with van der Waals surface area (Å²) in [6, 6.07) is 7.66. The normalized spacial score (nSPS) is 10.6. The number of fused-ring (bicyclic) bond motifs is 1. The van der Waals surface area contributed by atoms with Gasteiger partial charge in [-0.1, -0.05) is 6.07 Å². The van der Waals surface area contributed by atoms with Crippen LogP contribution in [0.4, 0.5) is 0 Å². The molecule has 4 heteroatoms. The molecule has 1 aromatic heterocycles. The lowest BCUT2D eigenvalue weighted by Crippen LogP contribution is -1.98. The molecular weight excluding hydrogens is 230 g/mol. The average Bonchev–Trinajstić information content (AvgIpc) is 2.34. The number of nitrogens with zero attached hydrogens (tertiary/aromatic N) is 1. The smallest absolute Gasteiger partial charge is 0.303 e. The molecule has 1 heterocycles. The molecule has 0 aliphatic carbocycles. The van der Waals surface area contributed by atoms with E-state index in [1.807, 2.05) is 31.2 Å². The number of aromatic nitrogens is 1. The van der Waals surface area contributed by atoms with Crippen molar-refractivity contribution in [3.05, 3.63) is 35.5 Å². The van der Waals surface area contributed by atoms with E-state index in [9.17, 15) is 4.79 Å². The molecule has 0 aliphatic rings. The van der Waals surface area contributed by atoms with Crippen molar-refractivity contribution in [3.63, 3.8) is 0 Å². The van der Waals surface area contributed by atoms with Crippen molar-refractivity contribution in [1.82, 2.24) is 4.98 Å². The van der Waals surface area contributed by atoms with Gasteiger partial charge in [-0.05, 0) is 31.0 Å². The minimum atomic E-state index is -0.787. The number of pyridine rings is 1. The summed E-state index contributed by atoms with van der Waals surface area (Å²) in [5.41, 5.74) is 2.70. The highest BCUT2D eigenvalue weighted by molar-refractivity contribution is 5.86. The van der Waals surface area contributed by atoms with Crippen LogP contribution in [-0.4, -0.2) is 23.2 Å².